The number of benzene rings is 1. The lowest BCUT2D eigenvalue weighted by Gasteiger charge is -2.27. The highest BCUT2D eigenvalue weighted by Crippen LogP contribution is 2.36. The molecule has 1 fully saturated rings. The zero-order chi connectivity index (χ0) is 19.4. The van der Waals surface area contributed by atoms with E-state index >= 15 is 0 Å². The molecule has 2 aliphatic rings. The molecule has 1 saturated heterocycles. The van der Waals surface area contributed by atoms with Gasteiger partial charge in [-0.15, -0.1) is 0 Å². The number of phenolic OH excluding ortho intramolecular Hbond substituents is 1. The molecule has 148 valence electrons. The fraction of sp³-hybridized carbons (Fsp3) is 0.600. The minimum atomic E-state index is -1.01. The van der Waals surface area contributed by atoms with Gasteiger partial charge in [0.15, 0.2) is 6.23 Å². The van der Waals surface area contributed by atoms with Crippen LogP contribution in [0.4, 0.5) is 0 Å². The molecule has 27 heavy (non-hydrogen) atoms. The molecule has 3 N–H and O–H groups in total. The normalized spacial score (nSPS) is 20.1. The number of likely N-dealkylation sites (tertiary alicyclic amines) is 1. The fourth-order valence-corrected chi connectivity index (χ4v) is 3.93. The number of amides is 1. The lowest BCUT2D eigenvalue weighted by atomic mass is 10.0. The summed E-state index contributed by atoms with van der Waals surface area (Å²) < 4.78 is 0. The van der Waals surface area contributed by atoms with Crippen LogP contribution in [0, 0.1) is 0 Å². The molecule has 0 saturated carbocycles. The van der Waals surface area contributed by atoms with Gasteiger partial charge in [0.2, 0.25) is 0 Å². The van der Waals surface area contributed by atoms with Crippen LogP contribution in [0.5, 0.6) is 5.75 Å². The van der Waals surface area contributed by atoms with Crippen molar-refractivity contribution in [3.05, 3.63) is 28.8 Å². The van der Waals surface area contributed by atoms with Gasteiger partial charge in [0.1, 0.15) is 5.75 Å². The predicted molar refractivity (Wildman–Crippen MR) is 99.3 cm³/mol. The minimum Gasteiger partial charge on any atom is -0.508 e. The summed E-state index contributed by atoms with van der Waals surface area (Å²) in [6.07, 6.45) is 4.53. The maximum Gasteiger partial charge on any atom is 0.303 e. The highest BCUT2D eigenvalue weighted by Gasteiger charge is 2.36. The van der Waals surface area contributed by atoms with E-state index in [4.69, 9.17) is 5.11 Å². The summed E-state index contributed by atoms with van der Waals surface area (Å²) in [6, 6.07) is 3.23. The molecule has 0 aliphatic carbocycles. The lowest BCUT2D eigenvalue weighted by Crippen LogP contribution is -2.29. The number of nitrogens with zero attached hydrogens (tertiary/aromatic N) is 2. The number of hydrogen-bond acceptors (Lipinski definition) is 5. The van der Waals surface area contributed by atoms with Crippen LogP contribution in [-0.4, -0.2) is 56.6 Å². The van der Waals surface area contributed by atoms with E-state index < -0.39 is 12.2 Å². The van der Waals surface area contributed by atoms with E-state index in [0.29, 0.717) is 43.5 Å². The molecule has 0 spiro atoms. The molecule has 0 radical (unpaired) electrons. The second-order valence-electron chi connectivity index (χ2n) is 7.48. The Morgan fingerprint density at radius 2 is 1.85 bits per heavy atom. The number of hydrogen-bond donors (Lipinski definition) is 3. The Morgan fingerprint density at radius 3 is 2.56 bits per heavy atom. The van der Waals surface area contributed by atoms with Crippen LogP contribution in [0.15, 0.2) is 12.1 Å². The Bertz CT molecular complexity index is 700. The van der Waals surface area contributed by atoms with Gasteiger partial charge in [0.05, 0.1) is 5.56 Å². The molecular formula is C20H28N2O5. The number of carbonyl (C=O) groups excluding carboxylic acids is 1. The first-order valence-corrected chi connectivity index (χ1v) is 9.76. The number of carboxylic acid groups (broad SMARTS) is 1. The van der Waals surface area contributed by atoms with E-state index in [-0.39, 0.29) is 18.1 Å². The first kappa shape index (κ1) is 19.6. The molecule has 2 aliphatic heterocycles. The van der Waals surface area contributed by atoms with Crippen molar-refractivity contribution in [3.8, 4) is 5.75 Å². The van der Waals surface area contributed by atoms with Crippen LogP contribution >= 0.6 is 0 Å². The summed E-state index contributed by atoms with van der Waals surface area (Å²) in [5, 5.41) is 29.6. The molecule has 1 aromatic carbocycles. The molecular weight excluding hydrogens is 348 g/mol. The molecule has 7 heteroatoms. The van der Waals surface area contributed by atoms with Crippen LogP contribution in [0.25, 0.3) is 0 Å². The van der Waals surface area contributed by atoms with Gasteiger partial charge in [-0.25, -0.2) is 0 Å². The number of rotatable bonds is 8. The Hall–Kier alpha value is -2.12. The van der Waals surface area contributed by atoms with Gasteiger partial charge in [-0.1, -0.05) is 12.8 Å². The topological polar surface area (TPSA) is 101 Å². The SMILES string of the molecule is O=C(O)CCCCCN1C(=O)c2cc(O)c(CN3CCCCC3)cc2C1O. The fourth-order valence-electron chi connectivity index (χ4n) is 3.93. The van der Waals surface area contributed by atoms with Gasteiger partial charge >= 0.3 is 5.97 Å². The molecule has 1 unspecified atom stereocenters. The van der Waals surface area contributed by atoms with Crippen molar-refractivity contribution in [3.63, 3.8) is 0 Å². The Balaban J connectivity index is 1.64. The number of piperidine rings is 1. The molecule has 0 bridgehead atoms. The first-order chi connectivity index (χ1) is 13.0. The van der Waals surface area contributed by atoms with Crippen LogP contribution in [0.3, 0.4) is 0 Å². The number of aliphatic carboxylic acids is 1. The molecule has 1 aromatic rings. The molecule has 2 heterocycles. The van der Waals surface area contributed by atoms with E-state index in [1.807, 2.05) is 0 Å². The number of aromatic hydroxyl groups is 1. The van der Waals surface area contributed by atoms with Crippen molar-refractivity contribution < 1.29 is 24.9 Å². The van der Waals surface area contributed by atoms with E-state index in [9.17, 15) is 19.8 Å². The highest BCUT2D eigenvalue weighted by atomic mass is 16.4. The van der Waals surface area contributed by atoms with E-state index in [1.54, 1.807) is 6.07 Å². The zero-order valence-electron chi connectivity index (χ0n) is 15.6. The van der Waals surface area contributed by atoms with Gasteiger partial charge in [-0.3, -0.25) is 14.5 Å². The summed E-state index contributed by atoms with van der Waals surface area (Å²) in [4.78, 5) is 26.8. The minimum absolute atomic E-state index is 0.100. The van der Waals surface area contributed by atoms with Gasteiger partial charge < -0.3 is 20.2 Å². The second kappa shape index (κ2) is 8.71. The second-order valence-corrected chi connectivity index (χ2v) is 7.48. The maximum absolute atomic E-state index is 12.6. The monoisotopic (exact) mass is 376 g/mol. The number of fused-ring (bicyclic) bond motifs is 1. The number of aliphatic hydroxyl groups is 1. The van der Waals surface area contributed by atoms with Crippen molar-refractivity contribution in [1.29, 1.82) is 0 Å². The van der Waals surface area contributed by atoms with Gasteiger partial charge in [0.25, 0.3) is 5.91 Å². The van der Waals surface area contributed by atoms with Gasteiger partial charge in [-0.2, -0.15) is 0 Å². The van der Waals surface area contributed by atoms with Crippen molar-refractivity contribution in [1.82, 2.24) is 9.80 Å². The third kappa shape index (κ3) is 4.59. The van der Waals surface area contributed by atoms with Crippen LogP contribution in [0.2, 0.25) is 0 Å². The molecule has 1 atom stereocenters. The quantitative estimate of drug-likeness (QED) is 0.603. The van der Waals surface area contributed by atoms with E-state index in [2.05, 4.69) is 4.90 Å². The van der Waals surface area contributed by atoms with E-state index in [0.717, 1.165) is 31.5 Å². The molecule has 7 nitrogen and oxygen atoms in total. The average molecular weight is 376 g/mol. The number of carboxylic acids is 1. The predicted octanol–water partition coefficient (Wildman–Crippen LogP) is 2.47. The zero-order valence-corrected chi connectivity index (χ0v) is 15.6. The summed E-state index contributed by atoms with van der Waals surface area (Å²) in [5.74, 6) is -1.00. The van der Waals surface area contributed by atoms with Crippen LogP contribution < -0.4 is 0 Å². The third-order valence-corrected chi connectivity index (χ3v) is 5.45. The first-order valence-electron chi connectivity index (χ1n) is 9.76. The Morgan fingerprint density at radius 1 is 1.11 bits per heavy atom. The van der Waals surface area contributed by atoms with Crippen LogP contribution in [-0.2, 0) is 11.3 Å². The van der Waals surface area contributed by atoms with Crippen molar-refractivity contribution in [2.75, 3.05) is 19.6 Å². The van der Waals surface area contributed by atoms with Gasteiger partial charge in [0, 0.05) is 30.6 Å². The molecule has 3 rings (SSSR count). The number of phenols is 1. The third-order valence-electron chi connectivity index (χ3n) is 5.45. The summed E-state index contributed by atoms with van der Waals surface area (Å²) >= 11 is 0. The number of unbranched alkanes of at least 4 members (excludes halogenated alkanes) is 2. The standard InChI is InChI=1S/C20H28N2O5/c23-17-12-16-15(11-14(17)13-21-8-4-2-5-9-21)19(26)22(20(16)27)10-6-1-3-7-18(24)25/h11-12,19,23,26H,1-10,13H2,(H,24,25). The summed E-state index contributed by atoms with van der Waals surface area (Å²) in [6.45, 7) is 2.99. The lowest BCUT2D eigenvalue weighted by molar-refractivity contribution is -0.137. The highest BCUT2D eigenvalue weighted by molar-refractivity contribution is 5.99. The Labute approximate surface area is 159 Å². The average Bonchev–Trinajstić information content (AvgIpc) is 2.86. The molecule has 0 aromatic heterocycles. The van der Waals surface area contributed by atoms with Crippen molar-refractivity contribution in [2.45, 2.75) is 57.7 Å². The smallest absolute Gasteiger partial charge is 0.303 e. The summed E-state index contributed by atoms with van der Waals surface area (Å²) in [5.41, 5.74) is 1.65. The van der Waals surface area contributed by atoms with Crippen molar-refractivity contribution in [2.24, 2.45) is 0 Å². The maximum atomic E-state index is 12.6. The van der Waals surface area contributed by atoms with Crippen molar-refractivity contribution >= 4 is 11.9 Å². The molecule has 1 amide bonds. The number of aliphatic hydroxyl groups excluding tert-OH is 1. The Kier molecular flexibility index (Phi) is 6.34. The summed E-state index contributed by atoms with van der Waals surface area (Å²) in [7, 11) is 0. The van der Waals surface area contributed by atoms with Gasteiger partial charge in [-0.05, 0) is 50.9 Å². The largest absolute Gasteiger partial charge is 0.508 e. The van der Waals surface area contributed by atoms with E-state index in [1.165, 1.54) is 17.4 Å². The van der Waals surface area contributed by atoms with Crippen LogP contribution in [0.1, 0.15) is 72.7 Å². The number of carbonyl (C=O) groups is 2.